The second-order valence-electron chi connectivity index (χ2n) is 2.91. The minimum absolute atomic E-state index is 0.107. The molecule has 4 nitrogen and oxygen atoms in total. The van der Waals surface area contributed by atoms with Gasteiger partial charge in [0.25, 0.3) is 6.47 Å². The molecule has 0 unspecified atom stereocenters. The average molecular weight is 156 g/mol. The maximum atomic E-state index is 10.8. The van der Waals surface area contributed by atoms with Gasteiger partial charge in [0, 0.05) is 5.92 Å². The van der Waals surface area contributed by atoms with Crippen molar-refractivity contribution in [3.05, 3.63) is 0 Å². The Morgan fingerprint density at radius 3 is 3.00 bits per heavy atom. The molecule has 2 rings (SSSR count). The van der Waals surface area contributed by atoms with Crippen LogP contribution in [-0.4, -0.2) is 25.2 Å². The van der Waals surface area contributed by atoms with Crippen LogP contribution in [0, 0.1) is 11.8 Å². The molecule has 1 aliphatic carbocycles. The van der Waals surface area contributed by atoms with E-state index in [-0.39, 0.29) is 24.6 Å². The zero-order chi connectivity index (χ0) is 7.84. The molecule has 2 fully saturated rings. The zero-order valence-electron chi connectivity index (χ0n) is 5.86. The topological polar surface area (TPSA) is 52.6 Å². The van der Waals surface area contributed by atoms with E-state index < -0.39 is 0 Å². The number of rotatable bonds is 3. The third kappa shape index (κ3) is 0.982. The summed E-state index contributed by atoms with van der Waals surface area (Å²) < 4.78 is 9.41. The summed E-state index contributed by atoms with van der Waals surface area (Å²) in [6.45, 7) is 0.597. The molecule has 60 valence electrons. The molecule has 0 bridgehead atoms. The van der Waals surface area contributed by atoms with Crippen LogP contribution in [0.2, 0.25) is 0 Å². The van der Waals surface area contributed by atoms with Crippen LogP contribution >= 0.6 is 0 Å². The molecule has 1 aliphatic heterocycles. The molecule has 0 N–H and O–H groups in total. The predicted octanol–water partition coefficient (Wildman–Crippen LogP) is -0.279. The second-order valence-corrected chi connectivity index (χ2v) is 2.91. The lowest BCUT2D eigenvalue weighted by atomic mass is 10.2. The minimum Gasteiger partial charge on any atom is -0.464 e. The smallest absolute Gasteiger partial charge is 0.309 e. The van der Waals surface area contributed by atoms with Crippen molar-refractivity contribution >= 4 is 12.4 Å². The summed E-state index contributed by atoms with van der Waals surface area (Å²) in [4.78, 5) is 20.6. The van der Waals surface area contributed by atoms with Crippen LogP contribution in [0.3, 0.4) is 0 Å². The fourth-order valence-electron chi connectivity index (χ4n) is 1.51. The number of ether oxygens (including phenoxy) is 2. The molecule has 1 heterocycles. The number of carbonyl (C=O) groups excluding carboxylic acids is 2. The highest BCUT2D eigenvalue weighted by molar-refractivity contribution is 5.78. The first-order valence-corrected chi connectivity index (χ1v) is 3.58. The lowest BCUT2D eigenvalue weighted by molar-refractivity contribution is -0.150. The van der Waals surface area contributed by atoms with E-state index in [4.69, 9.17) is 4.74 Å². The van der Waals surface area contributed by atoms with E-state index in [9.17, 15) is 9.59 Å². The Morgan fingerprint density at radius 2 is 2.55 bits per heavy atom. The van der Waals surface area contributed by atoms with Gasteiger partial charge < -0.3 is 9.47 Å². The van der Waals surface area contributed by atoms with Gasteiger partial charge in [0.1, 0.15) is 12.7 Å². The maximum Gasteiger partial charge on any atom is 0.309 e. The standard InChI is InChI=1S/C7H8O4/c8-3-10-2-6-4-1-5(4)7(9)11-6/h3-6H,1-2H2/t4-,5+,6+/m0/s1. The lowest BCUT2D eigenvalue weighted by Crippen LogP contribution is -2.19. The molecule has 0 aromatic heterocycles. The number of esters is 1. The fraction of sp³-hybridized carbons (Fsp3) is 0.714. The van der Waals surface area contributed by atoms with Crippen molar-refractivity contribution in [2.75, 3.05) is 6.61 Å². The van der Waals surface area contributed by atoms with Gasteiger partial charge >= 0.3 is 5.97 Å². The largest absolute Gasteiger partial charge is 0.464 e. The van der Waals surface area contributed by atoms with Crippen molar-refractivity contribution in [3.8, 4) is 0 Å². The Kier molecular flexibility index (Phi) is 1.34. The molecule has 11 heavy (non-hydrogen) atoms. The highest BCUT2D eigenvalue weighted by atomic mass is 16.6. The van der Waals surface area contributed by atoms with E-state index in [1.807, 2.05) is 0 Å². The molecule has 2 aliphatic rings. The molecule has 1 saturated carbocycles. The quantitative estimate of drug-likeness (QED) is 0.416. The van der Waals surface area contributed by atoms with Gasteiger partial charge in [-0.25, -0.2) is 0 Å². The number of hydrogen-bond acceptors (Lipinski definition) is 4. The monoisotopic (exact) mass is 156 g/mol. The van der Waals surface area contributed by atoms with Gasteiger partial charge in [-0.1, -0.05) is 0 Å². The number of fused-ring (bicyclic) bond motifs is 1. The third-order valence-electron chi connectivity index (χ3n) is 2.22. The summed E-state index contributed by atoms with van der Waals surface area (Å²) in [6.07, 6.45) is 0.740. The summed E-state index contributed by atoms with van der Waals surface area (Å²) in [7, 11) is 0. The SMILES string of the molecule is O=COC[C@H]1OC(=O)[C@@H]2C[C@H]12. The molecule has 0 aromatic rings. The van der Waals surface area contributed by atoms with E-state index >= 15 is 0 Å². The lowest BCUT2D eigenvalue weighted by Gasteiger charge is -2.09. The van der Waals surface area contributed by atoms with E-state index in [1.54, 1.807) is 0 Å². The van der Waals surface area contributed by atoms with Crippen LogP contribution in [0.5, 0.6) is 0 Å². The first-order valence-electron chi connectivity index (χ1n) is 3.58. The van der Waals surface area contributed by atoms with Crippen molar-refractivity contribution in [1.29, 1.82) is 0 Å². The number of cyclic esters (lactones) is 1. The molecule has 3 atom stereocenters. The number of carbonyl (C=O) groups is 2. The van der Waals surface area contributed by atoms with Crippen LogP contribution in [0.25, 0.3) is 0 Å². The predicted molar refractivity (Wildman–Crippen MR) is 33.5 cm³/mol. The zero-order valence-corrected chi connectivity index (χ0v) is 5.86. The fourth-order valence-corrected chi connectivity index (χ4v) is 1.51. The van der Waals surface area contributed by atoms with Crippen LogP contribution in [0.1, 0.15) is 6.42 Å². The van der Waals surface area contributed by atoms with E-state index in [2.05, 4.69) is 4.74 Å². The Hall–Kier alpha value is -1.06. The molecule has 0 amide bonds. The summed E-state index contributed by atoms with van der Waals surface area (Å²) in [6, 6.07) is 0. The van der Waals surface area contributed by atoms with Gasteiger partial charge in [-0.3, -0.25) is 9.59 Å². The normalized spacial score (nSPS) is 39.3. The van der Waals surface area contributed by atoms with Crippen molar-refractivity contribution in [3.63, 3.8) is 0 Å². The Morgan fingerprint density at radius 1 is 1.73 bits per heavy atom. The highest BCUT2D eigenvalue weighted by Gasteiger charge is 2.56. The van der Waals surface area contributed by atoms with Gasteiger partial charge in [-0.2, -0.15) is 0 Å². The molecule has 0 radical (unpaired) electrons. The first-order chi connectivity index (χ1) is 5.33. The second kappa shape index (κ2) is 2.22. The van der Waals surface area contributed by atoms with Gasteiger partial charge in [0.15, 0.2) is 0 Å². The highest BCUT2D eigenvalue weighted by Crippen LogP contribution is 2.48. The number of hydrogen-bond donors (Lipinski definition) is 0. The molecule has 0 aromatic carbocycles. The Labute approximate surface area is 63.5 Å². The van der Waals surface area contributed by atoms with Gasteiger partial charge in [-0.05, 0) is 6.42 Å². The molecule has 1 saturated heterocycles. The van der Waals surface area contributed by atoms with Gasteiger partial charge in [-0.15, -0.1) is 0 Å². The van der Waals surface area contributed by atoms with Gasteiger partial charge in [0.2, 0.25) is 0 Å². The van der Waals surface area contributed by atoms with Gasteiger partial charge in [0.05, 0.1) is 5.92 Å². The van der Waals surface area contributed by atoms with Crippen LogP contribution in [0.4, 0.5) is 0 Å². The average Bonchev–Trinajstić information content (AvgIpc) is 2.71. The minimum atomic E-state index is -0.169. The molecular weight excluding hydrogens is 148 g/mol. The van der Waals surface area contributed by atoms with Crippen molar-refractivity contribution in [1.82, 2.24) is 0 Å². The molecule has 0 spiro atoms. The van der Waals surface area contributed by atoms with Crippen molar-refractivity contribution < 1.29 is 19.1 Å². The first kappa shape index (κ1) is 6.64. The Bertz CT molecular complexity index is 201. The summed E-state index contributed by atoms with van der Waals surface area (Å²) in [5, 5.41) is 0. The van der Waals surface area contributed by atoms with Crippen molar-refractivity contribution in [2.45, 2.75) is 12.5 Å². The van der Waals surface area contributed by atoms with Crippen LogP contribution in [-0.2, 0) is 19.1 Å². The maximum absolute atomic E-state index is 10.8. The molecular formula is C7H8O4. The third-order valence-corrected chi connectivity index (χ3v) is 2.22. The molecule has 4 heteroatoms. The Balaban J connectivity index is 1.87. The van der Waals surface area contributed by atoms with Crippen LogP contribution < -0.4 is 0 Å². The van der Waals surface area contributed by atoms with E-state index in [1.165, 1.54) is 0 Å². The van der Waals surface area contributed by atoms with Crippen molar-refractivity contribution in [2.24, 2.45) is 11.8 Å². The van der Waals surface area contributed by atoms with E-state index in [0.29, 0.717) is 12.4 Å². The van der Waals surface area contributed by atoms with E-state index in [0.717, 1.165) is 6.42 Å². The van der Waals surface area contributed by atoms with Crippen LogP contribution in [0.15, 0.2) is 0 Å². The summed E-state index contributed by atoms with van der Waals surface area (Å²) >= 11 is 0. The summed E-state index contributed by atoms with van der Waals surface area (Å²) in [5.74, 6) is 0.298. The summed E-state index contributed by atoms with van der Waals surface area (Å²) in [5.41, 5.74) is 0.